The monoisotopic (exact) mass is 458 g/mol. The average Bonchev–Trinajstić information content (AvgIpc) is 3.23. The van der Waals surface area contributed by atoms with Gasteiger partial charge in [0.25, 0.3) is 5.91 Å². The molecule has 3 rings (SSSR count). The number of aromatic carboxylic acids is 1. The lowest BCUT2D eigenvalue weighted by Gasteiger charge is -2.33. The topological polar surface area (TPSA) is 107 Å². The van der Waals surface area contributed by atoms with Crippen molar-refractivity contribution in [2.45, 2.75) is 25.9 Å². The molecule has 31 heavy (non-hydrogen) atoms. The number of rotatable bonds is 4. The number of anilines is 2. The molecule has 1 saturated heterocycles. The van der Waals surface area contributed by atoms with Crippen LogP contribution in [0.2, 0.25) is 0 Å². The van der Waals surface area contributed by atoms with E-state index in [4.69, 9.17) is 9.90 Å². The number of aliphatic carboxylic acids is 1. The van der Waals surface area contributed by atoms with Gasteiger partial charge in [-0.15, -0.1) is 11.3 Å². The molecule has 2 heterocycles. The Morgan fingerprint density at radius 1 is 1.13 bits per heavy atom. The molecule has 1 aromatic carbocycles. The number of nitrogens with one attached hydrogen (secondary N) is 1. The molecule has 1 fully saturated rings. The number of piperidine rings is 1. The van der Waals surface area contributed by atoms with Gasteiger partial charge in [0.2, 0.25) is 0 Å². The summed E-state index contributed by atoms with van der Waals surface area (Å²) in [4.78, 5) is 35.4. The van der Waals surface area contributed by atoms with Gasteiger partial charge < -0.3 is 20.4 Å². The van der Waals surface area contributed by atoms with Crippen LogP contribution in [0.4, 0.5) is 24.5 Å². The first-order valence-corrected chi connectivity index (χ1v) is 10.1. The van der Waals surface area contributed by atoms with Crippen molar-refractivity contribution in [1.82, 2.24) is 0 Å². The highest BCUT2D eigenvalue weighted by Gasteiger charge is 2.38. The van der Waals surface area contributed by atoms with Gasteiger partial charge in [0.15, 0.2) is 0 Å². The molecule has 11 heteroatoms. The summed E-state index contributed by atoms with van der Waals surface area (Å²) in [5, 5.41) is 21.3. The van der Waals surface area contributed by atoms with E-state index < -0.39 is 18.1 Å². The van der Waals surface area contributed by atoms with Gasteiger partial charge in [-0.05, 0) is 48.4 Å². The standard InChI is InChI=1S/C18H20N2O3S.C2HF3O2/c1-12-6-8-20(9-7-12)15-5-4-13(11-14(15)18(22)23)19-17(21)16-3-2-10-24-16;3-2(4,5)1(6)7/h2-5,10-12H,6-9H2,1H3,(H,19,21)(H,22,23);(H,6,7). The number of amides is 1. The van der Waals surface area contributed by atoms with Crippen LogP contribution >= 0.6 is 11.3 Å². The van der Waals surface area contributed by atoms with Crippen molar-refractivity contribution in [3.8, 4) is 0 Å². The molecule has 0 atom stereocenters. The van der Waals surface area contributed by atoms with Gasteiger partial charge in [-0.2, -0.15) is 13.2 Å². The molecule has 0 bridgehead atoms. The van der Waals surface area contributed by atoms with Crippen LogP contribution in [-0.2, 0) is 4.79 Å². The van der Waals surface area contributed by atoms with Gasteiger partial charge in [0.1, 0.15) is 0 Å². The fraction of sp³-hybridized carbons (Fsp3) is 0.350. The molecule has 0 spiro atoms. The van der Waals surface area contributed by atoms with Crippen molar-refractivity contribution in [2.24, 2.45) is 5.92 Å². The van der Waals surface area contributed by atoms with Gasteiger partial charge >= 0.3 is 18.1 Å². The molecule has 0 saturated carbocycles. The number of carbonyl (C=O) groups excluding carboxylic acids is 1. The number of carboxylic acids is 2. The van der Waals surface area contributed by atoms with Crippen LogP contribution in [0.5, 0.6) is 0 Å². The Labute approximate surface area is 180 Å². The Hall–Kier alpha value is -3.08. The van der Waals surface area contributed by atoms with Crippen LogP contribution in [0.1, 0.15) is 39.8 Å². The molecule has 1 aliphatic heterocycles. The maximum absolute atomic E-state index is 12.1. The maximum atomic E-state index is 12.1. The predicted molar refractivity (Wildman–Crippen MR) is 110 cm³/mol. The third-order valence-corrected chi connectivity index (χ3v) is 5.47. The maximum Gasteiger partial charge on any atom is 0.490 e. The lowest BCUT2D eigenvalue weighted by Crippen LogP contribution is -2.33. The molecular formula is C20H21F3N2O5S. The van der Waals surface area contributed by atoms with Crippen molar-refractivity contribution in [3.05, 3.63) is 46.2 Å². The number of alkyl halides is 3. The zero-order chi connectivity index (χ0) is 23.2. The van der Waals surface area contributed by atoms with Gasteiger partial charge in [-0.25, -0.2) is 9.59 Å². The third kappa shape index (κ3) is 6.99. The van der Waals surface area contributed by atoms with Crippen molar-refractivity contribution in [1.29, 1.82) is 0 Å². The molecule has 0 radical (unpaired) electrons. The number of thiophene rings is 1. The highest BCUT2D eigenvalue weighted by atomic mass is 32.1. The van der Waals surface area contributed by atoms with Crippen molar-refractivity contribution in [3.63, 3.8) is 0 Å². The second-order valence-corrected chi connectivity index (χ2v) is 7.89. The number of benzene rings is 1. The van der Waals surface area contributed by atoms with E-state index in [2.05, 4.69) is 17.1 Å². The van der Waals surface area contributed by atoms with Gasteiger partial charge in [0, 0.05) is 18.8 Å². The number of hydrogen-bond donors (Lipinski definition) is 3. The van der Waals surface area contributed by atoms with Crippen LogP contribution in [-0.4, -0.2) is 47.3 Å². The highest BCUT2D eigenvalue weighted by Crippen LogP contribution is 2.29. The Morgan fingerprint density at radius 3 is 2.23 bits per heavy atom. The first-order valence-electron chi connectivity index (χ1n) is 9.26. The van der Waals surface area contributed by atoms with E-state index in [-0.39, 0.29) is 11.5 Å². The van der Waals surface area contributed by atoms with Gasteiger partial charge in [-0.1, -0.05) is 13.0 Å². The largest absolute Gasteiger partial charge is 0.490 e. The lowest BCUT2D eigenvalue weighted by molar-refractivity contribution is -0.192. The lowest BCUT2D eigenvalue weighted by atomic mass is 9.98. The summed E-state index contributed by atoms with van der Waals surface area (Å²) in [5.41, 5.74) is 1.46. The second kappa shape index (κ2) is 10.3. The van der Waals surface area contributed by atoms with E-state index in [0.717, 1.165) is 31.6 Å². The smallest absolute Gasteiger partial charge is 0.478 e. The molecule has 1 amide bonds. The molecule has 0 aliphatic carbocycles. The Bertz CT molecular complexity index is 923. The van der Waals surface area contributed by atoms with E-state index in [1.165, 1.54) is 11.3 Å². The van der Waals surface area contributed by atoms with Crippen molar-refractivity contribution < 1.29 is 37.8 Å². The summed E-state index contributed by atoms with van der Waals surface area (Å²) in [6.07, 6.45) is -2.95. The normalized spacial score (nSPS) is 14.4. The average molecular weight is 458 g/mol. The number of carboxylic acid groups (broad SMARTS) is 2. The zero-order valence-corrected chi connectivity index (χ0v) is 17.3. The summed E-state index contributed by atoms with van der Waals surface area (Å²) >= 11 is 1.35. The zero-order valence-electron chi connectivity index (χ0n) is 16.5. The summed E-state index contributed by atoms with van der Waals surface area (Å²) in [5.74, 6) is -3.27. The Kier molecular flexibility index (Phi) is 8.03. The number of carbonyl (C=O) groups is 3. The minimum absolute atomic E-state index is 0.221. The number of nitrogens with zero attached hydrogens (tertiary/aromatic N) is 1. The van der Waals surface area contributed by atoms with Crippen LogP contribution in [0.25, 0.3) is 0 Å². The van der Waals surface area contributed by atoms with Crippen LogP contribution in [0.15, 0.2) is 35.7 Å². The summed E-state index contributed by atoms with van der Waals surface area (Å²) in [7, 11) is 0. The molecule has 3 N–H and O–H groups in total. The van der Waals surface area contributed by atoms with E-state index in [1.807, 2.05) is 11.4 Å². The van der Waals surface area contributed by atoms with Gasteiger partial charge in [-0.3, -0.25) is 4.79 Å². The molecule has 0 unspecified atom stereocenters. The second-order valence-electron chi connectivity index (χ2n) is 6.94. The predicted octanol–water partition coefficient (Wildman–Crippen LogP) is 4.57. The highest BCUT2D eigenvalue weighted by molar-refractivity contribution is 7.12. The van der Waals surface area contributed by atoms with E-state index in [9.17, 15) is 27.9 Å². The van der Waals surface area contributed by atoms with Crippen molar-refractivity contribution >= 4 is 40.6 Å². The van der Waals surface area contributed by atoms with E-state index in [1.54, 1.807) is 24.3 Å². The number of hydrogen-bond acceptors (Lipinski definition) is 5. The van der Waals surface area contributed by atoms with E-state index >= 15 is 0 Å². The molecule has 1 aromatic heterocycles. The minimum Gasteiger partial charge on any atom is -0.478 e. The summed E-state index contributed by atoms with van der Waals surface area (Å²) in [6.45, 7) is 3.95. The van der Waals surface area contributed by atoms with Crippen LogP contribution < -0.4 is 10.2 Å². The quantitative estimate of drug-likeness (QED) is 0.620. The number of halogens is 3. The molecule has 2 aromatic rings. The fourth-order valence-electron chi connectivity index (χ4n) is 2.91. The minimum atomic E-state index is -5.08. The molecule has 7 nitrogen and oxygen atoms in total. The van der Waals surface area contributed by atoms with Gasteiger partial charge in [0.05, 0.1) is 16.1 Å². The Balaban J connectivity index is 0.000000423. The fourth-order valence-corrected chi connectivity index (χ4v) is 3.53. The van der Waals surface area contributed by atoms with Crippen molar-refractivity contribution in [2.75, 3.05) is 23.3 Å². The first kappa shape index (κ1) is 24.2. The van der Waals surface area contributed by atoms with Crippen LogP contribution in [0.3, 0.4) is 0 Å². The van der Waals surface area contributed by atoms with Crippen LogP contribution in [0, 0.1) is 5.92 Å². The summed E-state index contributed by atoms with van der Waals surface area (Å²) in [6, 6.07) is 8.65. The molecule has 1 aliphatic rings. The Morgan fingerprint density at radius 2 is 1.74 bits per heavy atom. The summed E-state index contributed by atoms with van der Waals surface area (Å²) < 4.78 is 31.7. The first-order chi connectivity index (χ1) is 14.5. The molecular weight excluding hydrogens is 437 g/mol. The third-order valence-electron chi connectivity index (χ3n) is 4.60. The SMILES string of the molecule is CC1CCN(c2ccc(NC(=O)c3cccs3)cc2C(=O)O)CC1.O=C(O)C(F)(F)F. The molecule has 168 valence electrons. The van der Waals surface area contributed by atoms with E-state index in [0.29, 0.717) is 16.5 Å².